The van der Waals surface area contributed by atoms with Crippen LogP contribution in [0.3, 0.4) is 0 Å². The first-order valence-electron chi connectivity index (χ1n) is 11.8. The van der Waals surface area contributed by atoms with Gasteiger partial charge in [-0.1, -0.05) is 38.1 Å². The van der Waals surface area contributed by atoms with E-state index in [1.807, 2.05) is 4.90 Å². The molecule has 2 heterocycles. The highest BCUT2D eigenvalue weighted by Crippen LogP contribution is 2.23. The molecule has 2 aliphatic heterocycles. The molecule has 2 saturated heterocycles. The number of rotatable bonds is 8. The Kier molecular flexibility index (Phi) is 8.72. The first-order chi connectivity index (χ1) is 14.4. The Balaban J connectivity index is 1.58. The van der Waals surface area contributed by atoms with E-state index in [1.54, 1.807) is 6.92 Å². The van der Waals surface area contributed by atoms with Crippen molar-refractivity contribution in [3.05, 3.63) is 35.4 Å². The molecular weight excluding hydrogens is 374 g/mol. The van der Waals surface area contributed by atoms with E-state index in [1.165, 1.54) is 17.5 Å². The van der Waals surface area contributed by atoms with E-state index < -0.39 is 0 Å². The number of amides is 1. The van der Waals surface area contributed by atoms with Gasteiger partial charge >= 0.3 is 0 Å². The largest absolute Gasteiger partial charge is 0.381 e. The number of carbonyl (C=O) groups excluding carboxylic acids is 1. The van der Waals surface area contributed by atoms with Crippen molar-refractivity contribution in [1.29, 1.82) is 0 Å². The second kappa shape index (κ2) is 11.3. The lowest BCUT2D eigenvalue weighted by Gasteiger charge is -2.44. The first-order valence-corrected chi connectivity index (χ1v) is 11.8. The van der Waals surface area contributed by atoms with Gasteiger partial charge in [-0.05, 0) is 49.8 Å². The monoisotopic (exact) mass is 415 g/mol. The number of piperidine rings is 1. The summed E-state index contributed by atoms with van der Waals surface area (Å²) in [5, 5.41) is 0. The van der Waals surface area contributed by atoms with E-state index in [0.717, 1.165) is 65.2 Å². The van der Waals surface area contributed by atoms with Crippen molar-refractivity contribution in [2.45, 2.75) is 71.0 Å². The summed E-state index contributed by atoms with van der Waals surface area (Å²) in [6.07, 6.45) is 4.53. The molecule has 1 atom stereocenters. The molecular formula is C25H41N3O2. The van der Waals surface area contributed by atoms with E-state index in [9.17, 15) is 4.79 Å². The van der Waals surface area contributed by atoms with Crippen LogP contribution in [0.25, 0.3) is 0 Å². The van der Waals surface area contributed by atoms with Gasteiger partial charge in [0.05, 0.1) is 0 Å². The maximum atomic E-state index is 12.0. The van der Waals surface area contributed by atoms with E-state index in [2.05, 4.69) is 55.0 Å². The number of nitrogens with zero attached hydrogens (tertiary/aromatic N) is 3. The minimum absolute atomic E-state index is 0.216. The van der Waals surface area contributed by atoms with E-state index >= 15 is 0 Å². The van der Waals surface area contributed by atoms with Crippen LogP contribution in [0.5, 0.6) is 0 Å². The third kappa shape index (κ3) is 6.53. The molecule has 5 nitrogen and oxygen atoms in total. The Morgan fingerprint density at radius 1 is 1.10 bits per heavy atom. The molecule has 0 aliphatic carbocycles. The third-order valence-corrected chi connectivity index (χ3v) is 6.81. The molecule has 0 radical (unpaired) electrons. The first kappa shape index (κ1) is 23.2. The summed E-state index contributed by atoms with van der Waals surface area (Å²) < 4.78 is 5.63. The van der Waals surface area contributed by atoms with Crippen LogP contribution in [0.1, 0.15) is 63.5 Å². The molecule has 3 rings (SSSR count). The van der Waals surface area contributed by atoms with Crippen LogP contribution in [-0.2, 0) is 16.1 Å². The fraction of sp³-hybridized carbons (Fsp3) is 0.720. The fourth-order valence-corrected chi connectivity index (χ4v) is 4.88. The Morgan fingerprint density at radius 2 is 1.80 bits per heavy atom. The highest BCUT2D eigenvalue weighted by Gasteiger charge is 2.31. The predicted molar refractivity (Wildman–Crippen MR) is 123 cm³/mol. The predicted octanol–water partition coefficient (Wildman–Crippen LogP) is 3.73. The van der Waals surface area contributed by atoms with Crippen molar-refractivity contribution in [2.75, 3.05) is 46.4 Å². The molecule has 2 fully saturated rings. The van der Waals surface area contributed by atoms with Crippen molar-refractivity contribution in [3.63, 3.8) is 0 Å². The topological polar surface area (TPSA) is 36.0 Å². The molecule has 0 spiro atoms. The van der Waals surface area contributed by atoms with Crippen LogP contribution in [-0.4, -0.2) is 79.1 Å². The SMILES string of the molecule is CC(=O)N1CCCC(N(CCN(C)Cc2ccc(C(C)C)cc2)C2CCOCC2)C1. The van der Waals surface area contributed by atoms with E-state index in [4.69, 9.17) is 4.74 Å². The highest BCUT2D eigenvalue weighted by molar-refractivity contribution is 5.73. The molecule has 1 amide bonds. The molecule has 0 N–H and O–H groups in total. The van der Waals surface area contributed by atoms with Gasteiger partial charge in [0, 0.05) is 64.9 Å². The standard InChI is InChI=1S/C25H41N3O2/c1-20(2)23-9-7-22(8-10-23)18-26(4)14-15-28(24-11-16-30-17-12-24)25-6-5-13-27(19-25)21(3)29/h7-10,20,24-25H,5-6,11-19H2,1-4H3. The summed E-state index contributed by atoms with van der Waals surface area (Å²) in [5.41, 5.74) is 2.78. The molecule has 168 valence electrons. The maximum Gasteiger partial charge on any atom is 0.219 e. The number of carbonyl (C=O) groups is 1. The van der Waals surface area contributed by atoms with Crippen LogP contribution >= 0.6 is 0 Å². The number of likely N-dealkylation sites (N-methyl/N-ethyl adjacent to an activating group) is 1. The van der Waals surface area contributed by atoms with Gasteiger partial charge < -0.3 is 14.5 Å². The van der Waals surface area contributed by atoms with Gasteiger partial charge in [0.2, 0.25) is 5.91 Å². The summed E-state index contributed by atoms with van der Waals surface area (Å²) in [6.45, 7) is 12.8. The summed E-state index contributed by atoms with van der Waals surface area (Å²) in [7, 11) is 2.22. The second-order valence-electron chi connectivity index (χ2n) is 9.48. The second-order valence-corrected chi connectivity index (χ2v) is 9.48. The summed E-state index contributed by atoms with van der Waals surface area (Å²) in [4.78, 5) is 19.1. The van der Waals surface area contributed by atoms with Crippen LogP contribution < -0.4 is 0 Å². The van der Waals surface area contributed by atoms with Crippen molar-refractivity contribution in [3.8, 4) is 0 Å². The van der Waals surface area contributed by atoms with E-state index in [0.29, 0.717) is 18.0 Å². The smallest absolute Gasteiger partial charge is 0.219 e. The van der Waals surface area contributed by atoms with Crippen molar-refractivity contribution in [1.82, 2.24) is 14.7 Å². The Bertz CT molecular complexity index is 655. The van der Waals surface area contributed by atoms with Gasteiger partial charge in [-0.15, -0.1) is 0 Å². The maximum absolute atomic E-state index is 12.0. The molecule has 1 aromatic rings. The zero-order valence-electron chi connectivity index (χ0n) is 19.5. The van der Waals surface area contributed by atoms with Crippen molar-refractivity contribution in [2.24, 2.45) is 0 Å². The Hall–Kier alpha value is -1.43. The minimum atomic E-state index is 0.216. The molecule has 0 saturated carbocycles. The highest BCUT2D eigenvalue weighted by atomic mass is 16.5. The number of ether oxygens (including phenoxy) is 1. The van der Waals surface area contributed by atoms with Gasteiger partial charge in [0.25, 0.3) is 0 Å². The molecule has 1 aromatic carbocycles. The minimum Gasteiger partial charge on any atom is -0.381 e. The van der Waals surface area contributed by atoms with Crippen LogP contribution in [0.4, 0.5) is 0 Å². The van der Waals surface area contributed by atoms with Gasteiger partial charge in [-0.2, -0.15) is 0 Å². The summed E-state index contributed by atoms with van der Waals surface area (Å²) >= 11 is 0. The van der Waals surface area contributed by atoms with Crippen LogP contribution in [0, 0.1) is 0 Å². The number of benzene rings is 1. The quantitative estimate of drug-likeness (QED) is 0.648. The van der Waals surface area contributed by atoms with Gasteiger partial charge in [-0.25, -0.2) is 0 Å². The average molecular weight is 416 g/mol. The third-order valence-electron chi connectivity index (χ3n) is 6.81. The molecule has 30 heavy (non-hydrogen) atoms. The van der Waals surface area contributed by atoms with Gasteiger partial charge in [0.1, 0.15) is 0 Å². The normalized spacial score (nSPS) is 21.0. The summed E-state index contributed by atoms with van der Waals surface area (Å²) in [6, 6.07) is 10.1. The lowest BCUT2D eigenvalue weighted by molar-refractivity contribution is -0.131. The van der Waals surface area contributed by atoms with Gasteiger partial charge in [-0.3, -0.25) is 9.69 Å². The van der Waals surface area contributed by atoms with E-state index in [-0.39, 0.29) is 5.91 Å². The Labute approximate surface area is 183 Å². The Morgan fingerprint density at radius 3 is 2.43 bits per heavy atom. The van der Waals surface area contributed by atoms with Crippen LogP contribution in [0.15, 0.2) is 24.3 Å². The number of hydrogen-bond acceptors (Lipinski definition) is 4. The fourth-order valence-electron chi connectivity index (χ4n) is 4.88. The zero-order chi connectivity index (χ0) is 21.5. The molecule has 1 unspecified atom stereocenters. The summed E-state index contributed by atoms with van der Waals surface area (Å²) in [5.74, 6) is 0.795. The molecule has 5 heteroatoms. The van der Waals surface area contributed by atoms with Gasteiger partial charge in [0.15, 0.2) is 0 Å². The zero-order valence-corrected chi connectivity index (χ0v) is 19.5. The average Bonchev–Trinajstić information content (AvgIpc) is 2.75. The van der Waals surface area contributed by atoms with Crippen LogP contribution in [0.2, 0.25) is 0 Å². The molecule has 0 aromatic heterocycles. The number of hydrogen-bond donors (Lipinski definition) is 0. The molecule has 0 bridgehead atoms. The lowest BCUT2D eigenvalue weighted by Crippen LogP contribution is -2.55. The van der Waals surface area contributed by atoms with Crippen molar-refractivity contribution < 1.29 is 9.53 Å². The number of likely N-dealkylation sites (tertiary alicyclic amines) is 1. The lowest BCUT2D eigenvalue weighted by atomic mass is 9.98. The molecule has 2 aliphatic rings. The van der Waals surface area contributed by atoms with Crippen molar-refractivity contribution >= 4 is 5.91 Å².